The Labute approximate surface area is 240 Å². The highest BCUT2D eigenvalue weighted by atomic mass is 16.5. The first kappa shape index (κ1) is 25.5. The molecular formula is C35H33N3O3. The zero-order valence-electron chi connectivity index (χ0n) is 23.2. The minimum absolute atomic E-state index is 0.0292. The average molecular weight is 544 g/mol. The number of hydrogen-bond acceptors (Lipinski definition) is 4. The summed E-state index contributed by atoms with van der Waals surface area (Å²) in [7, 11) is 0. The molecule has 0 saturated carbocycles. The average Bonchev–Trinajstić information content (AvgIpc) is 3.63. The number of nitrogens with zero attached hydrogens (tertiary/aromatic N) is 2. The van der Waals surface area contributed by atoms with Gasteiger partial charge >= 0.3 is 0 Å². The lowest BCUT2D eigenvalue weighted by atomic mass is 9.74. The van der Waals surface area contributed by atoms with E-state index in [-0.39, 0.29) is 11.3 Å². The number of fused-ring (bicyclic) bond motifs is 3. The van der Waals surface area contributed by atoms with Crippen molar-refractivity contribution >= 4 is 17.7 Å². The molecule has 41 heavy (non-hydrogen) atoms. The number of carbonyl (C=O) groups is 1. The standard InChI is InChI=1S/C35H33N3O3/c1-2-28-20-27(32-14-10-25-5-3-4-6-31(25)41-32)22-38(28)29-11-8-26(9-12-29)34(39)37-17-15-35(16-18-37)23-40-33-13-7-24(21-36)19-30(33)35/h3-13,19-20,22H,2,15-18,21,23,36H2,1H3. The Bertz CT molecular complexity index is 1700. The van der Waals surface area contributed by atoms with Gasteiger partial charge in [-0.3, -0.25) is 4.79 Å². The molecule has 2 N–H and O–H groups in total. The van der Waals surface area contributed by atoms with Crippen molar-refractivity contribution in [2.24, 2.45) is 5.73 Å². The van der Waals surface area contributed by atoms with E-state index in [1.165, 1.54) is 5.56 Å². The minimum Gasteiger partial charge on any atom is -0.492 e. The van der Waals surface area contributed by atoms with Gasteiger partial charge in [0.15, 0.2) is 5.76 Å². The second kappa shape index (κ2) is 10.2. The van der Waals surface area contributed by atoms with Crippen molar-refractivity contribution in [2.75, 3.05) is 19.7 Å². The van der Waals surface area contributed by atoms with E-state index in [2.05, 4.69) is 35.6 Å². The SMILES string of the molecule is CCc1cc(C2=C=Cc3ccccc3O2)cn1-c1ccc(C(=O)N2CCC3(CC2)COc2ccc(CN)cc23)cc1. The fourth-order valence-electron chi connectivity index (χ4n) is 6.30. The maximum absolute atomic E-state index is 13.5. The van der Waals surface area contributed by atoms with Crippen molar-refractivity contribution in [1.82, 2.24) is 9.47 Å². The Kier molecular flexibility index (Phi) is 6.30. The summed E-state index contributed by atoms with van der Waals surface area (Å²) in [4.78, 5) is 15.5. The summed E-state index contributed by atoms with van der Waals surface area (Å²) in [6.45, 7) is 4.76. The van der Waals surface area contributed by atoms with E-state index in [0.29, 0.717) is 37.6 Å². The molecule has 4 heterocycles. The lowest BCUT2D eigenvalue weighted by Gasteiger charge is -2.38. The monoisotopic (exact) mass is 543 g/mol. The van der Waals surface area contributed by atoms with Crippen LogP contribution >= 0.6 is 0 Å². The van der Waals surface area contributed by atoms with Gasteiger partial charge in [0.05, 0.1) is 6.61 Å². The molecule has 7 rings (SSSR count). The normalized spacial score (nSPS) is 16.5. The fraction of sp³-hybridized carbons (Fsp3) is 0.257. The van der Waals surface area contributed by atoms with E-state index in [4.69, 9.17) is 15.2 Å². The Hall–Kier alpha value is -4.51. The second-order valence-electron chi connectivity index (χ2n) is 11.1. The lowest BCUT2D eigenvalue weighted by Crippen LogP contribution is -2.46. The summed E-state index contributed by atoms with van der Waals surface area (Å²) in [5.74, 6) is 2.59. The van der Waals surface area contributed by atoms with Gasteiger partial charge in [-0.15, -0.1) is 0 Å². The van der Waals surface area contributed by atoms with E-state index >= 15 is 0 Å². The molecule has 6 heteroatoms. The van der Waals surface area contributed by atoms with Crippen molar-refractivity contribution in [3.8, 4) is 17.2 Å². The molecule has 1 amide bonds. The molecule has 3 aliphatic heterocycles. The van der Waals surface area contributed by atoms with Gasteiger partial charge < -0.3 is 24.7 Å². The number of ether oxygens (including phenoxy) is 2. The number of likely N-dealkylation sites (tertiary alicyclic amines) is 1. The van der Waals surface area contributed by atoms with Crippen molar-refractivity contribution < 1.29 is 14.3 Å². The molecular weight excluding hydrogens is 510 g/mol. The molecule has 0 atom stereocenters. The Balaban J connectivity index is 1.07. The lowest BCUT2D eigenvalue weighted by molar-refractivity contribution is 0.0646. The van der Waals surface area contributed by atoms with Crippen LogP contribution in [-0.2, 0) is 18.4 Å². The molecule has 1 saturated heterocycles. The van der Waals surface area contributed by atoms with Gasteiger partial charge in [0.1, 0.15) is 11.5 Å². The molecule has 3 aliphatic rings. The predicted molar refractivity (Wildman–Crippen MR) is 160 cm³/mol. The quantitative estimate of drug-likeness (QED) is 0.309. The van der Waals surface area contributed by atoms with E-state index in [1.807, 2.05) is 71.6 Å². The zero-order chi connectivity index (χ0) is 28.0. The van der Waals surface area contributed by atoms with E-state index < -0.39 is 0 Å². The van der Waals surface area contributed by atoms with Crippen LogP contribution in [0.15, 0.2) is 84.7 Å². The highest BCUT2D eigenvalue weighted by Crippen LogP contribution is 2.46. The Morgan fingerprint density at radius 3 is 2.59 bits per heavy atom. The number of nitrogens with two attached hydrogens (primary N) is 1. The van der Waals surface area contributed by atoms with Crippen LogP contribution < -0.4 is 15.2 Å². The summed E-state index contributed by atoms with van der Waals surface area (Å²) < 4.78 is 14.4. The van der Waals surface area contributed by atoms with Gasteiger partial charge in [0.25, 0.3) is 5.91 Å². The summed E-state index contributed by atoms with van der Waals surface area (Å²) in [6, 6.07) is 24.3. The molecule has 0 radical (unpaired) electrons. The number of carbonyl (C=O) groups excluding carboxylic acids is 1. The molecule has 0 bridgehead atoms. The van der Waals surface area contributed by atoms with Crippen molar-refractivity contribution in [3.05, 3.63) is 118 Å². The summed E-state index contributed by atoms with van der Waals surface area (Å²) in [5.41, 5.74) is 16.4. The van der Waals surface area contributed by atoms with E-state index in [1.54, 1.807) is 0 Å². The second-order valence-corrected chi connectivity index (χ2v) is 11.1. The number of para-hydroxylation sites is 1. The van der Waals surface area contributed by atoms with Crippen LogP contribution in [0, 0.1) is 0 Å². The molecule has 206 valence electrons. The number of rotatable bonds is 5. The number of benzene rings is 3. The van der Waals surface area contributed by atoms with Gasteiger partial charge in [-0.2, -0.15) is 0 Å². The largest absolute Gasteiger partial charge is 0.492 e. The first-order valence-electron chi connectivity index (χ1n) is 14.4. The fourth-order valence-corrected chi connectivity index (χ4v) is 6.30. The summed E-state index contributed by atoms with van der Waals surface area (Å²) in [5, 5.41) is 0. The predicted octanol–water partition coefficient (Wildman–Crippen LogP) is 6.11. The highest BCUT2D eigenvalue weighted by molar-refractivity contribution is 5.94. The molecule has 1 aromatic heterocycles. The minimum atomic E-state index is -0.0292. The van der Waals surface area contributed by atoms with Crippen LogP contribution in [0.4, 0.5) is 0 Å². The van der Waals surface area contributed by atoms with Crippen LogP contribution in [-0.4, -0.2) is 35.1 Å². The number of amides is 1. The third-order valence-corrected chi connectivity index (χ3v) is 8.77. The molecule has 3 aromatic carbocycles. The molecule has 6 nitrogen and oxygen atoms in total. The van der Waals surface area contributed by atoms with Gasteiger partial charge in [0, 0.05) is 64.9 Å². The maximum Gasteiger partial charge on any atom is 0.253 e. The molecule has 0 unspecified atom stereocenters. The summed E-state index contributed by atoms with van der Waals surface area (Å²) >= 11 is 0. The van der Waals surface area contributed by atoms with E-state index in [9.17, 15) is 4.79 Å². The molecule has 1 fully saturated rings. The first-order valence-corrected chi connectivity index (χ1v) is 14.4. The number of aryl methyl sites for hydroxylation is 1. The smallest absolute Gasteiger partial charge is 0.253 e. The Morgan fingerprint density at radius 2 is 1.80 bits per heavy atom. The van der Waals surface area contributed by atoms with Gasteiger partial charge in [0.2, 0.25) is 0 Å². The van der Waals surface area contributed by atoms with Crippen LogP contribution in [0.25, 0.3) is 17.5 Å². The van der Waals surface area contributed by atoms with Crippen molar-refractivity contribution in [3.63, 3.8) is 0 Å². The number of piperidine rings is 1. The number of hydrogen-bond donors (Lipinski definition) is 1. The molecule has 4 aromatic rings. The Morgan fingerprint density at radius 1 is 1.00 bits per heavy atom. The number of aromatic nitrogens is 1. The molecule has 1 spiro atoms. The van der Waals surface area contributed by atoms with Gasteiger partial charge in [-0.25, -0.2) is 0 Å². The topological polar surface area (TPSA) is 69.7 Å². The van der Waals surface area contributed by atoms with Crippen LogP contribution in [0.5, 0.6) is 11.5 Å². The van der Waals surface area contributed by atoms with E-state index in [0.717, 1.165) is 58.8 Å². The van der Waals surface area contributed by atoms with Crippen LogP contribution in [0.2, 0.25) is 0 Å². The third kappa shape index (κ3) is 4.46. The van der Waals surface area contributed by atoms with Crippen LogP contribution in [0.1, 0.15) is 58.1 Å². The highest BCUT2D eigenvalue weighted by Gasteiger charge is 2.44. The summed E-state index contributed by atoms with van der Waals surface area (Å²) in [6.07, 6.45) is 6.70. The van der Waals surface area contributed by atoms with Crippen molar-refractivity contribution in [2.45, 2.75) is 38.1 Å². The zero-order valence-corrected chi connectivity index (χ0v) is 23.2. The third-order valence-electron chi connectivity index (χ3n) is 8.77. The first-order chi connectivity index (χ1) is 20.1. The van der Waals surface area contributed by atoms with Crippen molar-refractivity contribution in [1.29, 1.82) is 0 Å². The molecule has 0 aliphatic carbocycles. The maximum atomic E-state index is 13.5. The van der Waals surface area contributed by atoms with Gasteiger partial charge in [-0.1, -0.05) is 43.0 Å². The van der Waals surface area contributed by atoms with Gasteiger partial charge in [-0.05, 0) is 73.4 Å². The van der Waals surface area contributed by atoms with Crippen LogP contribution in [0.3, 0.4) is 0 Å².